The molecule has 0 saturated carbocycles. The Kier molecular flexibility index (Phi) is 5.86. The van der Waals surface area contributed by atoms with Crippen LogP contribution in [0.5, 0.6) is 5.75 Å². The number of anilines is 1. The number of carbonyl (C=O) groups excluding carboxylic acids is 1. The molecule has 0 unspecified atom stereocenters. The number of benzene rings is 1. The van der Waals surface area contributed by atoms with E-state index in [9.17, 15) is 4.79 Å². The van der Waals surface area contributed by atoms with Crippen molar-refractivity contribution < 1.29 is 14.3 Å². The number of aromatic nitrogens is 1. The Morgan fingerprint density at radius 1 is 1.28 bits per heavy atom. The molecule has 1 fully saturated rings. The Hall–Kier alpha value is -2.40. The standard InChI is InChI=1S/C18H21ClN6O3S/c19-11-7-12(13-10-29-18(22-13)23-17(20)21)16-14(8-11)25(15(26)9-28-16)2-1-24-3-5-27-6-4-24/h7-8,10H,1-6,9H2,(H4,20,21,22,23). The molecule has 11 heteroatoms. The van der Waals surface area contributed by atoms with Gasteiger partial charge >= 0.3 is 0 Å². The molecule has 4 rings (SSSR count). The summed E-state index contributed by atoms with van der Waals surface area (Å²) in [7, 11) is 0. The van der Waals surface area contributed by atoms with E-state index in [4.69, 9.17) is 32.5 Å². The first-order valence-corrected chi connectivity index (χ1v) is 10.4. The fourth-order valence-electron chi connectivity index (χ4n) is 3.33. The summed E-state index contributed by atoms with van der Waals surface area (Å²) < 4.78 is 11.2. The number of guanidine groups is 1. The normalized spacial score (nSPS) is 17.0. The number of ether oxygens (including phenoxy) is 2. The van der Waals surface area contributed by atoms with Crippen molar-refractivity contribution in [3.8, 4) is 17.0 Å². The topological polar surface area (TPSA) is 119 Å². The van der Waals surface area contributed by atoms with Crippen molar-refractivity contribution in [3.63, 3.8) is 0 Å². The van der Waals surface area contributed by atoms with Gasteiger partial charge in [0.1, 0.15) is 0 Å². The van der Waals surface area contributed by atoms with Gasteiger partial charge in [-0.3, -0.25) is 9.69 Å². The molecule has 2 aromatic rings. The number of morpholine rings is 1. The maximum absolute atomic E-state index is 12.6. The van der Waals surface area contributed by atoms with E-state index in [2.05, 4.69) is 14.9 Å². The highest BCUT2D eigenvalue weighted by Crippen LogP contribution is 2.44. The summed E-state index contributed by atoms with van der Waals surface area (Å²) in [6, 6.07) is 3.52. The van der Waals surface area contributed by atoms with Crippen molar-refractivity contribution >= 4 is 45.6 Å². The van der Waals surface area contributed by atoms with Gasteiger partial charge in [0.05, 0.1) is 24.6 Å². The number of hydrogen-bond acceptors (Lipinski definition) is 7. The van der Waals surface area contributed by atoms with Gasteiger partial charge in [-0.05, 0) is 12.1 Å². The number of thiazole rings is 1. The first-order chi connectivity index (χ1) is 14.0. The van der Waals surface area contributed by atoms with Crippen LogP contribution in [-0.2, 0) is 9.53 Å². The van der Waals surface area contributed by atoms with Crippen molar-refractivity contribution in [1.82, 2.24) is 9.88 Å². The largest absolute Gasteiger partial charge is 0.481 e. The molecule has 9 nitrogen and oxygen atoms in total. The molecule has 0 atom stereocenters. The van der Waals surface area contributed by atoms with Crippen LogP contribution in [0, 0.1) is 0 Å². The smallest absolute Gasteiger partial charge is 0.265 e. The highest BCUT2D eigenvalue weighted by Gasteiger charge is 2.29. The van der Waals surface area contributed by atoms with E-state index < -0.39 is 0 Å². The van der Waals surface area contributed by atoms with Crippen LogP contribution in [0.3, 0.4) is 0 Å². The number of hydrogen-bond donors (Lipinski definition) is 2. The molecule has 1 saturated heterocycles. The number of fused-ring (bicyclic) bond motifs is 1. The summed E-state index contributed by atoms with van der Waals surface area (Å²) >= 11 is 7.68. The summed E-state index contributed by atoms with van der Waals surface area (Å²) in [6.45, 7) is 4.41. The maximum atomic E-state index is 12.6. The van der Waals surface area contributed by atoms with E-state index >= 15 is 0 Å². The molecule has 1 aromatic heterocycles. The second kappa shape index (κ2) is 8.54. The fourth-order valence-corrected chi connectivity index (χ4v) is 4.25. The number of nitrogens with two attached hydrogens (primary N) is 2. The average molecular weight is 437 g/mol. The minimum atomic E-state index is -0.0987. The molecule has 0 aliphatic carbocycles. The summed E-state index contributed by atoms with van der Waals surface area (Å²) in [5.41, 5.74) is 12.8. The van der Waals surface area contributed by atoms with Crippen LogP contribution in [0.1, 0.15) is 0 Å². The van der Waals surface area contributed by atoms with Gasteiger partial charge in [0.2, 0.25) is 5.13 Å². The first-order valence-electron chi connectivity index (χ1n) is 9.13. The SMILES string of the molecule is NC(N)=Nc1nc(-c2cc(Cl)cc3c2OCC(=O)N3CCN2CCOCC2)cs1. The number of halogens is 1. The van der Waals surface area contributed by atoms with E-state index in [1.54, 1.807) is 17.0 Å². The number of rotatable bonds is 5. The number of nitrogens with zero attached hydrogens (tertiary/aromatic N) is 4. The predicted molar refractivity (Wildman–Crippen MR) is 113 cm³/mol. The Labute approximate surface area is 176 Å². The van der Waals surface area contributed by atoms with Crippen LogP contribution in [-0.4, -0.2) is 67.8 Å². The summed E-state index contributed by atoms with van der Waals surface area (Å²) in [5.74, 6) is 0.422. The summed E-state index contributed by atoms with van der Waals surface area (Å²) in [4.78, 5) is 25.0. The third-order valence-corrected chi connectivity index (χ3v) is 5.65. The van der Waals surface area contributed by atoms with Crippen LogP contribution < -0.4 is 21.1 Å². The molecule has 3 heterocycles. The molecule has 1 amide bonds. The third kappa shape index (κ3) is 4.45. The van der Waals surface area contributed by atoms with Gasteiger partial charge in [-0.1, -0.05) is 11.6 Å². The Morgan fingerprint density at radius 3 is 2.83 bits per heavy atom. The Bertz CT molecular complexity index is 940. The molecule has 2 aliphatic heterocycles. The molecule has 154 valence electrons. The molecule has 29 heavy (non-hydrogen) atoms. The molecule has 4 N–H and O–H groups in total. The molecule has 1 aromatic carbocycles. The minimum absolute atomic E-state index is 0.0321. The first kappa shape index (κ1) is 19.9. The zero-order valence-corrected chi connectivity index (χ0v) is 17.2. The van der Waals surface area contributed by atoms with Crippen LogP contribution in [0.25, 0.3) is 11.3 Å². The van der Waals surface area contributed by atoms with Crippen LogP contribution in [0.4, 0.5) is 10.8 Å². The molecule has 0 radical (unpaired) electrons. The summed E-state index contributed by atoms with van der Waals surface area (Å²) in [6.07, 6.45) is 0. The molecular formula is C18H21ClN6O3S. The number of amides is 1. The van der Waals surface area contributed by atoms with Crippen LogP contribution in [0.15, 0.2) is 22.5 Å². The van der Waals surface area contributed by atoms with Crippen molar-refractivity contribution in [3.05, 3.63) is 22.5 Å². The lowest BCUT2D eigenvalue weighted by molar-refractivity contribution is -0.121. The number of carbonyl (C=O) groups is 1. The second-order valence-corrected chi connectivity index (χ2v) is 7.91. The lowest BCUT2D eigenvalue weighted by Gasteiger charge is -2.33. The average Bonchev–Trinajstić information content (AvgIpc) is 3.15. The van der Waals surface area contributed by atoms with Gasteiger partial charge in [0.25, 0.3) is 5.91 Å². The monoisotopic (exact) mass is 436 g/mol. The van der Waals surface area contributed by atoms with Crippen molar-refractivity contribution in [1.29, 1.82) is 0 Å². The van der Waals surface area contributed by atoms with Crippen molar-refractivity contribution in [2.45, 2.75) is 0 Å². The Morgan fingerprint density at radius 2 is 2.07 bits per heavy atom. The third-order valence-electron chi connectivity index (χ3n) is 4.70. The van der Waals surface area contributed by atoms with E-state index in [0.29, 0.717) is 52.6 Å². The van der Waals surface area contributed by atoms with Crippen molar-refractivity contribution in [2.75, 3.05) is 50.9 Å². The lowest BCUT2D eigenvalue weighted by atomic mass is 10.1. The van der Waals surface area contributed by atoms with Crippen LogP contribution in [0.2, 0.25) is 5.02 Å². The van der Waals surface area contributed by atoms with Gasteiger partial charge in [0.15, 0.2) is 18.3 Å². The zero-order valence-electron chi connectivity index (χ0n) is 15.6. The van der Waals surface area contributed by atoms with Gasteiger partial charge in [-0.2, -0.15) is 4.99 Å². The second-order valence-electron chi connectivity index (χ2n) is 6.64. The summed E-state index contributed by atoms with van der Waals surface area (Å²) in [5, 5.41) is 2.75. The highest BCUT2D eigenvalue weighted by atomic mass is 35.5. The minimum Gasteiger partial charge on any atom is -0.481 e. The fraction of sp³-hybridized carbons (Fsp3) is 0.389. The lowest BCUT2D eigenvalue weighted by Crippen LogP contribution is -2.46. The molecular weight excluding hydrogens is 416 g/mol. The zero-order chi connectivity index (χ0) is 20.4. The van der Waals surface area contributed by atoms with E-state index in [1.165, 1.54) is 11.3 Å². The van der Waals surface area contributed by atoms with Crippen LogP contribution >= 0.6 is 22.9 Å². The molecule has 0 spiro atoms. The van der Waals surface area contributed by atoms with Gasteiger partial charge in [-0.15, -0.1) is 11.3 Å². The predicted octanol–water partition coefficient (Wildman–Crippen LogP) is 1.43. The number of aliphatic imine (C=N–C) groups is 1. The maximum Gasteiger partial charge on any atom is 0.265 e. The molecule has 0 bridgehead atoms. The van der Waals surface area contributed by atoms with E-state index in [1.807, 2.05) is 5.38 Å². The van der Waals surface area contributed by atoms with Gasteiger partial charge in [-0.25, -0.2) is 4.98 Å². The van der Waals surface area contributed by atoms with E-state index in [0.717, 1.165) is 19.6 Å². The quantitative estimate of drug-likeness (QED) is 0.537. The van der Waals surface area contributed by atoms with Gasteiger partial charge < -0.3 is 25.8 Å². The van der Waals surface area contributed by atoms with E-state index in [-0.39, 0.29) is 18.5 Å². The van der Waals surface area contributed by atoms with Gasteiger partial charge in [0, 0.05) is 42.1 Å². The van der Waals surface area contributed by atoms with Crippen molar-refractivity contribution in [2.24, 2.45) is 16.5 Å². The molecule has 2 aliphatic rings. The highest BCUT2D eigenvalue weighted by molar-refractivity contribution is 7.13. The Balaban J connectivity index is 1.64.